The van der Waals surface area contributed by atoms with Crippen molar-refractivity contribution in [2.24, 2.45) is 0 Å². The van der Waals surface area contributed by atoms with E-state index in [1.165, 1.54) is 0 Å². The smallest absolute Gasteiger partial charge is 0.228 e. The number of carbonyl (C=O) groups is 1. The first kappa shape index (κ1) is 12.2. The molecule has 0 fully saturated rings. The minimum Gasteiger partial charge on any atom is -0.326 e. The maximum Gasteiger partial charge on any atom is 0.228 e. The Bertz CT molecular complexity index is 625. The van der Waals surface area contributed by atoms with Gasteiger partial charge >= 0.3 is 0 Å². The molecule has 1 unspecified atom stereocenters. The standard InChI is InChI=1S/C13H9BrClNOS/c14-13(10-3-4-11(15)18-10)7-1-2-9-8(5-7)6-12(17)16-9/h1-5,13H,6H2,(H,16,17). The molecule has 1 aromatic heterocycles. The van der Waals surface area contributed by atoms with Crippen molar-refractivity contribution in [3.05, 3.63) is 50.7 Å². The molecule has 0 saturated heterocycles. The lowest BCUT2D eigenvalue weighted by Crippen LogP contribution is -2.03. The predicted molar refractivity (Wildman–Crippen MR) is 78.9 cm³/mol. The average molecular weight is 343 g/mol. The van der Waals surface area contributed by atoms with Crippen LogP contribution in [0.5, 0.6) is 0 Å². The zero-order valence-corrected chi connectivity index (χ0v) is 12.4. The van der Waals surface area contributed by atoms with Gasteiger partial charge in [0.1, 0.15) is 0 Å². The summed E-state index contributed by atoms with van der Waals surface area (Å²) in [5.74, 6) is 0.0624. The summed E-state index contributed by atoms with van der Waals surface area (Å²) in [5.41, 5.74) is 3.13. The van der Waals surface area contributed by atoms with Crippen molar-refractivity contribution >= 4 is 50.5 Å². The fourth-order valence-corrected chi connectivity index (χ4v) is 3.82. The van der Waals surface area contributed by atoms with Gasteiger partial charge in [0.25, 0.3) is 0 Å². The zero-order chi connectivity index (χ0) is 12.7. The second-order valence-electron chi connectivity index (χ2n) is 4.15. The average Bonchev–Trinajstić information content (AvgIpc) is 2.92. The molecule has 0 radical (unpaired) electrons. The van der Waals surface area contributed by atoms with Gasteiger partial charge in [0.2, 0.25) is 5.91 Å². The van der Waals surface area contributed by atoms with Crippen LogP contribution in [0.1, 0.15) is 20.8 Å². The summed E-state index contributed by atoms with van der Waals surface area (Å²) in [6, 6.07) is 9.97. The minimum atomic E-state index is 0.0624. The van der Waals surface area contributed by atoms with Gasteiger partial charge in [0.15, 0.2) is 0 Å². The summed E-state index contributed by atoms with van der Waals surface area (Å²) in [6.07, 6.45) is 0.466. The van der Waals surface area contributed by atoms with Gasteiger partial charge in [-0.05, 0) is 29.3 Å². The quantitative estimate of drug-likeness (QED) is 0.806. The number of nitrogens with one attached hydrogen (secondary N) is 1. The normalized spacial score (nSPS) is 15.3. The molecule has 0 bridgehead atoms. The third kappa shape index (κ3) is 2.20. The summed E-state index contributed by atoms with van der Waals surface area (Å²) in [4.78, 5) is 12.6. The van der Waals surface area contributed by atoms with Crippen LogP contribution in [0.25, 0.3) is 0 Å². The summed E-state index contributed by atoms with van der Waals surface area (Å²) < 4.78 is 0.785. The molecule has 0 aliphatic carbocycles. The Morgan fingerprint density at radius 2 is 2.17 bits per heavy atom. The topological polar surface area (TPSA) is 29.1 Å². The largest absolute Gasteiger partial charge is 0.326 e. The number of halogens is 2. The van der Waals surface area contributed by atoms with E-state index in [1.807, 2.05) is 24.3 Å². The molecule has 3 rings (SSSR count). The van der Waals surface area contributed by atoms with Crippen molar-refractivity contribution < 1.29 is 4.79 Å². The summed E-state index contributed by atoms with van der Waals surface area (Å²) in [6.45, 7) is 0. The first-order valence-electron chi connectivity index (χ1n) is 5.45. The molecule has 0 saturated carbocycles. The number of carbonyl (C=O) groups excluding carboxylic acids is 1. The number of thiophene rings is 1. The minimum absolute atomic E-state index is 0.0624. The van der Waals surface area contributed by atoms with Gasteiger partial charge in [-0.25, -0.2) is 0 Å². The van der Waals surface area contributed by atoms with Crippen LogP contribution < -0.4 is 5.32 Å². The van der Waals surface area contributed by atoms with Gasteiger partial charge in [-0.1, -0.05) is 39.7 Å². The Morgan fingerprint density at radius 1 is 1.33 bits per heavy atom. The molecule has 1 atom stereocenters. The molecule has 1 aliphatic rings. The van der Waals surface area contributed by atoms with E-state index in [-0.39, 0.29) is 10.7 Å². The first-order chi connectivity index (χ1) is 8.63. The van der Waals surface area contributed by atoms with Crippen LogP contribution in [0.2, 0.25) is 4.34 Å². The number of anilines is 1. The molecular weight excluding hydrogens is 334 g/mol. The molecule has 2 nitrogen and oxygen atoms in total. The van der Waals surface area contributed by atoms with E-state index in [0.717, 1.165) is 26.0 Å². The lowest BCUT2D eigenvalue weighted by molar-refractivity contribution is -0.115. The SMILES string of the molecule is O=C1Cc2cc(C(Br)c3ccc(Cl)s3)ccc2N1. The molecule has 1 aromatic carbocycles. The molecule has 18 heavy (non-hydrogen) atoms. The summed E-state index contributed by atoms with van der Waals surface area (Å²) in [5, 5.41) is 2.83. The lowest BCUT2D eigenvalue weighted by atomic mass is 10.1. The number of benzene rings is 1. The number of hydrogen-bond acceptors (Lipinski definition) is 2. The van der Waals surface area contributed by atoms with Crippen molar-refractivity contribution in [2.45, 2.75) is 11.2 Å². The zero-order valence-electron chi connectivity index (χ0n) is 9.24. The van der Waals surface area contributed by atoms with E-state index in [0.29, 0.717) is 6.42 Å². The highest BCUT2D eigenvalue weighted by Crippen LogP contribution is 2.38. The number of rotatable bonds is 2. The van der Waals surface area contributed by atoms with Crippen molar-refractivity contribution in [1.82, 2.24) is 0 Å². The second kappa shape index (κ2) is 4.68. The second-order valence-corrected chi connectivity index (χ2v) is 6.81. The highest BCUT2D eigenvalue weighted by atomic mass is 79.9. The third-order valence-electron chi connectivity index (χ3n) is 2.89. The van der Waals surface area contributed by atoms with Crippen LogP contribution in [0.15, 0.2) is 30.3 Å². The summed E-state index contributed by atoms with van der Waals surface area (Å²) in [7, 11) is 0. The van der Waals surface area contributed by atoms with Gasteiger partial charge < -0.3 is 5.32 Å². The predicted octanol–water partition coefficient (Wildman–Crippen LogP) is 4.38. The summed E-state index contributed by atoms with van der Waals surface area (Å²) >= 11 is 11.2. The monoisotopic (exact) mass is 341 g/mol. The molecule has 2 heterocycles. The van der Waals surface area contributed by atoms with E-state index in [2.05, 4.69) is 27.3 Å². The highest BCUT2D eigenvalue weighted by molar-refractivity contribution is 9.09. The van der Waals surface area contributed by atoms with Crippen molar-refractivity contribution in [3.63, 3.8) is 0 Å². The van der Waals surface area contributed by atoms with Crippen LogP contribution >= 0.6 is 38.9 Å². The first-order valence-corrected chi connectivity index (χ1v) is 7.56. The van der Waals surface area contributed by atoms with Crippen molar-refractivity contribution in [2.75, 3.05) is 5.32 Å². The van der Waals surface area contributed by atoms with Gasteiger partial charge in [0, 0.05) is 10.6 Å². The van der Waals surface area contributed by atoms with Gasteiger partial charge in [0.05, 0.1) is 15.6 Å². The third-order valence-corrected chi connectivity index (χ3v) is 5.51. The molecular formula is C13H9BrClNOS. The van der Waals surface area contributed by atoms with E-state index in [1.54, 1.807) is 11.3 Å². The van der Waals surface area contributed by atoms with Crippen LogP contribution in [0, 0.1) is 0 Å². The number of alkyl halides is 1. The molecule has 1 amide bonds. The van der Waals surface area contributed by atoms with Crippen LogP contribution in [-0.4, -0.2) is 5.91 Å². The molecule has 92 valence electrons. The molecule has 1 aliphatic heterocycles. The fraction of sp³-hybridized carbons (Fsp3) is 0.154. The number of amides is 1. The van der Waals surface area contributed by atoms with Gasteiger partial charge in [-0.15, -0.1) is 11.3 Å². The molecule has 5 heteroatoms. The van der Waals surface area contributed by atoms with Gasteiger partial charge in [-0.3, -0.25) is 4.79 Å². The molecule has 1 N–H and O–H groups in total. The Labute approximate surface area is 122 Å². The van der Waals surface area contributed by atoms with Crippen LogP contribution in [0.4, 0.5) is 5.69 Å². The van der Waals surface area contributed by atoms with Gasteiger partial charge in [-0.2, -0.15) is 0 Å². The Balaban J connectivity index is 1.94. The maximum absolute atomic E-state index is 11.3. The number of hydrogen-bond donors (Lipinski definition) is 1. The Kier molecular flexibility index (Phi) is 3.18. The van der Waals surface area contributed by atoms with E-state index < -0.39 is 0 Å². The molecule has 2 aromatic rings. The van der Waals surface area contributed by atoms with Crippen LogP contribution in [-0.2, 0) is 11.2 Å². The Morgan fingerprint density at radius 3 is 2.89 bits per heavy atom. The van der Waals surface area contributed by atoms with E-state index in [4.69, 9.17) is 11.6 Å². The Hall–Kier alpha value is -0.840. The van der Waals surface area contributed by atoms with Crippen molar-refractivity contribution in [3.8, 4) is 0 Å². The molecule has 0 spiro atoms. The number of fused-ring (bicyclic) bond motifs is 1. The maximum atomic E-state index is 11.3. The highest BCUT2D eigenvalue weighted by Gasteiger charge is 2.20. The van der Waals surface area contributed by atoms with Crippen LogP contribution in [0.3, 0.4) is 0 Å². The van der Waals surface area contributed by atoms with Crippen molar-refractivity contribution in [1.29, 1.82) is 0 Å². The fourth-order valence-electron chi connectivity index (χ4n) is 2.04. The van der Waals surface area contributed by atoms with E-state index in [9.17, 15) is 4.79 Å². The van der Waals surface area contributed by atoms with E-state index >= 15 is 0 Å². The lowest BCUT2D eigenvalue weighted by Gasteiger charge is -2.09.